The van der Waals surface area contributed by atoms with Gasteiger partial charge < -0.3 is 25.4 Å². The van der Waals surface area contributed by atoms with Gasteiger partial charge >= 0.3 is 0 Å². The lowest BCUT2D eigenvalue weighted by molar-refractivity contribution is 0.0357. The van der Waals surface area contributed by atoms with Crippen LogP contribution in [0.4, 0.5) is 11.4 Å². The molecule has 0 radical (unpaired) electrons. The van der Waals surface area contributed by atoms with Gasteiger partial charge in [-0.05, 0) is 337 Å². The number of amides is 2. The van der Waals surface area contributed by atoms with E-state index in [1.54, 1.807) is 11.1 Å². The van der Waals surface area contributed by atoms with Gasteiger partial charge in [0.1, 0.15) is 0 Å². The molecular formula is C132H201N7O2. The summed E-state index contributed by atoms with van der Waals surface area (Å²) < 4.78 is 0. The molecule has 0 spiro atoms. The summed E-state index contributed by atoms with van der Waals surface area (Å²) in [6, 6.07) is 57.3. The number of benzene rings is 8. The quantitative estimate of drug-likeness (QED) is 0.140. The highest BCUT2D eigenvalue weighted by molar-refractivity contribution is 5.99. The summed E-state index contributed by atoms with van der Waals surface area (Å²) in [5.41, 5.74) is 35.9. The van der Waals surface area contributed by atoms with Gasteiger partial charge in [0.05, 0.1) is 0 Å². The van der Waals surface area contributed by atoms with E-state index in [1.807, 2.05) is 15.9 Å². The third-order valence-electron chi connectivity index (χ3n) is 31.3. The first kappa shape index (κ1) is 116. The molecule has 7 aliphatic rings. The lowest BCUT2D eigenvalue weighted by atomic mass is 9.73. The third kappa shape index (κ3) is 29.0. The van der Waals surface area contributed by atoms with Crippen LogP contribution in [0.2, 0.25) is 0 Å². The predicted octanol–water partition coefficient (Wildman–Crippen LogP) is 35.0. The molecule has 9 aromatic rings. The van der Waals surface area contributed by atoms with Crippen molar-refractivity contribution in [1.29, 1.82) is 0 Å². The number of nitrogens with one attached hydrogen (secondary N) is 3. The maximum Gasteiger partial charge on any atom is 0.254 e. The molecule has 3 N–H and O–H groups in total. The van der Waals surface area contributed by atoms with Crippen LogP contribution < -0.4 is 10.6 Å². The van der Waals surface area contributed by atoms with E-state index in [1.165, 1.54) is 124 Å². The average molecular weight is 1920 g/mol. The molecule has 9 heteroatoms. The zero-order chi connectivity index (χ0) is 107. The minimum Gasteiger partial charge on any atom is -0.381 e. The van der Waals surface area contributed by atoms with Gasteiger partial charge in [-0.15, -0.1) is 0 Å². The first-order valence-corrected chi connectivity index (χ1v) is 53.7. The third-order valence-corrected chi connectivity index (χ3v) is 31.3. The molecule has 7 heterocycles. The Balaban J connectivity index is 0.000000180. The lowest BCUT2D eigenvalue weighted by Crippen LogP contribution is -2.47. The summed E-state index contributed by atoms with van der Waals surface area (Å²) >= 11 is 0. The number of aromatic nitrogens is 1. The molecule has 0 fully saturated rings. The molecule has 3 atom stereocenters. The van der Waals surface area contributed by atoms with Crippen LogP contribution in [0, 0.1) is 22.2 Å². The topological polar surface area (TPSA) is 87.0 Å². The van der Waals surface area contributed by atoms with Crippen LogP contribution >= 0.6 is 0 Å². The molecule has 0 saturated carbocycles. The molecule has 0 bridgehead atoms. The second kappa shape index (κ2) is 40.5. The molecule has 1 aliphatic carbocycles. The molecule has 8 aromatic carbocycles. The normalized spacial score (nSPS) is 18.3. The number of H-pyrrole nitrogens is 1. The van der Waals surface area contributed by atoms with E-state index >= 15 is 0 Å². The number of anilines is 2. The standard InChI is InChI=1S/C18H29N.C17H27N.C17H26.2C16H23NO.2C16H25N.C16H23N/c1-16(2,3)14-10-9-13-12-19(17(4,5)6)18(7,8)15(13)11-14;1-15(2,3)13-9-8-12-11-17(7,16(4,5)6)18-14(12)10-13;1-16(2,3)14-8-7-12-9-15(17(4,5)6)11-13(12)10-14;1-15(2,3)12-7-8-13-11(9-12)10-17(14(13)18)16(4,5)6;1-15(2,3)12-8-7-11-10-17(16(4,5)6)14(18)13(11)9-12;1-15(2,3)14-8-7-12-10-17(16(4,5)6)11-13(12)9-14;2*1-15(2,3)12-8-7-11-9-14(16(4,5)6)17-13(11)10-12/h9-11H,12H2,1-8H3;8-10,18H,11H2,1-7H3;7-8,10,15H,9,11H2,1-6H3;2*7-9H,10H2,1-6H3;7-9H,10-11H2,1-6H3;7-8,10,14,17H,9H2,1-6H3;7-10,17H,1-6H3. The summed E-state index contributed by atoms with van der Waals surface area (Å²) in [7, 11) is 0. The fourth-order valence-electron chi connectivity index (χ4n) is 19.8. The first-order chi connectivity index (χ1) is 63.4. The van der Waals surface area contributed by atoms with Crippen LogP contribution in [0.1, 0.15) is 480 Å². The second-order valence-electron chi connectivity index (χ2n) is 60.2. The Morgan fingerprint density at radius 3 is 1.11 bits per heavy atom. The Kier molecular flexibility index (Phi) is 33.4. The van der Waals surface area contributed by atoms with E-state index in [9.17, 15) is 9.59 Å². The number of hydrogen-bond acceptors (Lipinski definition) is 6. The van der Waals surface area contributed by atoms with Gasteiger partial charge in [-0.1, -0.05) is 365 Å². The van der Waals surface area contributed by atoms with Crippen molar-refractivity contribution in [3.05, 3.63) is 269 Å². The minimum absolute atomic E-state index is 0.0878. The Morgan fingerprint density at radius 1 is 0.291 bits per heavy atom. The molecule has 9 nitrogen and oxygen atoms in total. The van der Waals surface area contributed by atoms with Crippen molar-refractivity contribution in [3.8, 4) is 0 Å². The fraction of sp³-hybridized carbons (Fsp3) is 0.606. The number of carbonyl (C=O) groups excluding carboxylic acids is 2. The van der Waals surface area contributed by atoms with E-state index in [4.69, 9.17) is 0 Å². The van der Waals surface area contributed by atoms with E-state index in [0.29, 0.717) is 16.9 Å². The molecular weight excluding hydrogens is 1720 g/mol. The maximum absolute atomic E-state index is 12.4. The summed E-state index contributed by atoms with van der Waals surface area (Å²) in [6.45, 7) is 120. The summed E-state index contributed by atoms with van der Waals surface area (Å²) in [4.78, 5) is 37.4. The molecule has 6 aliphatic heterocycles. The molecule has 0 saturated heterocycles. The number of hydrogen-bond donors (Lipinski definition) is 3. The SMILES string of the molecule is CC(C)(C)c1ccc2c(c1)C(=O)N(C(C)(C)C)C2.CC(C)(C)c1ccc2c(c1)C(C)(C)N(C(C)(C)C)C2.CC(C)(C)c1ccc2c(c1)CC(C(C)(C)C)C2.CC(C)(C)c1ccc2c(c1)CN(C(C)(C)C)C2.CC(C)(C)c1ccc2c(c1)CN(C(C)(C)C)C2=O.CC(C)(C)c1ccc2c(c1)NC(C(C)(C)C)C2.CC(C)(C)c1ccc2c(c1)NC(C)(C(C)(C)C)C2.CC(C)(C)c1ccc2cc(C(C)(C)C)[nH]c2c1. The smallest absolute Gasteiger partial charge is 0.254 e. The van der Waals surface area contributed by atoms with Gasteiger partial charge in [0.2, 0.25) is 0 Å². The summed E-state index contributed by atoms with van der Waals surface area (Å²) in [5.74, 6) is 1.15. The van der Waals surface area contributed by atoms with Crippen molar-refractivity contribution in [3.63, 3.8) is 0 Å². The second-order valence-corrected chi connectivity index (χ2v) is 60.2. The highest BCUT2D eigenvalue weighted by atomic mass is 16.2. The van der Waals surface area contributed by atoms with Gasteiger partial charge in [-0.2, -0.15) is 0 Å². The van der Waals surface area contributed by atoms with E-state index in [0.717, 1.165) is 68.2 Å². The molecule has 1 aromatic heterocycles. The van der Waals surface area contributed by atoms with Crippen LogP contribution in [-0.2, 0) is 113 Å². The van der Waals surface area contributed by atoms with Crippen molar-refractivity contribution in [2.24, 2.45) is 22.2 Å². The van der Waals surface area contributed by atoms with Crippen LogP contribution in [-0.4, -0.2) is 70.1 Å². The zero-order valence-corrected chi connectivity index (χ0v) is 99.6. The highest BCUT2D eigenvalue weighted by Gasteiger charge is 2.46. The monoisotopic (exact) mass is 1920 g/mol. The number of nitrogens with zero attached hydrogens (tertiary/aromatic N) is 4. The molecule has 16 rings (SSSR count). The van der Waals surface area contributed by atoms with E-state index in [-0.39, 0.29) is 99.2 Å². The number of carbonyl (C=O) groups is 2. The molecule has 141 heavy (non-hydrogen) atoms. The van der Waals surface area contributed by atoms with Gasteiger partial charge in [0.25, 0.3) is 11.8 Å². The Hall–Kier alpha value is -8.24. The van der Waals surface area contributed by atoms with Crippen molar-refractivity contribution in [1.82, 2.24) is 24.6 Å². The molecule has 776 valence electrons. The molecule has 2 amide bonds. The summed E-state index contributed by atoms with van der Waals surface area (Å²) in [6.07, 6.45) is 4.81. The minimum atomic E-state index is -0.113. The summed E-state index contributed by atoms with van der Waals surface area (Å²) in [5, 5.41) is 8.76. The van der Waals surface area contributed by atoms with E-state index in [2.05, 4.69) is 524 Å². The van der Waals surface area contributed by atoms with Crippen LogP contribution in [0.5, 0.6) is 0 Å². The number of fused-ring (bicyclic) bond motifs is 8. The van der Waals surface area contributed by atoms with Crippen molar-refractivity contribution in [2.75, 3.05) is 10.6 Å². The van der Waals surface area contributed by atoms with Crippen molar-refractivity contribution >= 4 is 34.1 Å². The maximum atomic E-state index is 12.4. The lowest BCUT2D eigenvalue weighted by Gasteiger charge is -2.42. The Bertz CT molecular complexity index is 5650. The Labute approximate surface area is 863 Å². The van der Waals surface area contributed by atoms with Crippen LogP contribution in [0.25, 0.3) is 10.9 Å². The predicted molar refractivity (Wildman–Crippen MR) is 614 cm³/mol. The van der Waals surface area contributed by atoms with Gasteiger partial charge in [-0.3, -0.25) is 19.4 Å². The van der Waals surface area contributed by atoms with Crippen molar-refractivity contribution in [2.45, 2.75) is 500 Å². The average Bonchev–Trinajstić information content (AvgIpc) is 1.59. The largest absolute Gasteiger partial charge is 0.381 e. The van der Waals surface area contributed by atoms with Crippen molar-refractivity contribution < 1.29 is 9.59 Å². The Morgan fingerprint density at radius 2 is 0.667 bits per heavy atom. The van der Waals surface area contributed by atoms with Gasteiger partial charge in [-0.25, -0.2) is 0 Å². The number of aromatic amines is 1. The van der Waals surface area contributed by atoms with E-state index < -0.39 is 0 Å². The van der Waals surface area contributed by atoms with Crippen LogP contribution in [0.15, 0.2) is 152 Å². The number of rotatable bonds is 0. The zero-order valence-electron chi connectivity index (χ0n) is 99.6. The highest BCUT2D eigenvalue weighted by Crippen LogP contribution is 2.49. The fourth-order valence-corrected chi connectivity index (χ4v) is 19.8. The van der Waals surface area contributed by atoms with Gasteiger partial charge in [0, 0.05) is 111 Å². The van der Waals surface area contributed by atoms with Gasteiger partial charge in [0.15, 0.2) is 0 Å². The molecule has 3 unspecified atom stereocenters. The first-order valence-electron chi connectivity index (χ1n) is 53.7. The van der Waals surface area contributed by atoms with Crippen LogP contribution in [0.3, 0.4) is 0 Å².